The Hall–Kier alpha value is -0.749. The van der Waals surface area contributed by atoms with Crippen molar-refractivity contribution in [2.75, 3.05) is 13.2 Å². The molecule has 0 rings (SSSR count). The molecule has 0 spiro atoms. The smallest absolute Gasteiger partial charge is 0.331 e. The highest BCUT2D eigenvalue weighted by molar-refractivity contribution is 6.81. The van der Waals surface area contributed by atoms with E-state index in [9.17, 15) is 9.59 Å². The van der Waals surface area contributed by atoms with Gasteiger partial charge in [0.05, 0.1) is 13.2 Å². The molecular formula is C16H34O6Si3. The highest BCUT2D eigenvalue weighted by atomic mass is 28.4. The number of hydrogen-bond donors (Lipinski definition) is 0. The number of ether oxygens (including phenoxy) is 2. The van der Waals surface area contributed by atoms with Gasteiger partial charge in [0.15, 0.2) is 16.6 Å². The molecule has 25 heavy (non-hydrogen) atoms. The SMILES string of the molecule is CCOC(=O)C=CC(=O)OCCC(C)[SiH](O[Si](C)(C)C)O[Si](C)(C)C. The van der Waals surface area contributed by atoms with Gasteiger partial charge >= 0.3 is 21.2 Å². The molecule has 0 aromatic rings. The van der Waals surface area contributed by atoms with Crippen LogP contribution in [0, 0.1) is 0 Å². The van der Waals surface area contributed by atoms with Crippen molar-refractivity contribution in [1.82, 2.24) is 0 Å². The lowest BCUT2D eigenvalue weighted by Gasteiger charge is -2.33. The van der Waals surface area contributed by atoms with Gasteiger partial charge in [-0.2, -0.15) is 0 Å². The minimum absolute atomic E-state index is 0.236. The molecule has 0 fully saturated rings. The van der Waals surface area contributed by atoms with Gasteiger partial charge in [0, 0.05) is 12.2 Å². The number of hydrogen-bond acceptors (Lipinski definition) is 6. The Bertz CT molecular complexity index is 438. The van der Waals surface area contributed by atoms with Crippen LogP contribution in [0.15, 0.2) is 12.2 Å². The van der Waals surface area contributed by atoms with E-state index in [4.69, 9.17) is 17.7 Å². The van der Waals surface area contributed by atoms with Crippen LogP contribution in [0.2, 0.25) is 44.8 Å². The summed E-state index contributed by atoms with van der Waals surface area (Å²) in [5.41, 5.74) is 0.236. The van der Waals surface area contributed by atoms with Crippen molar-refractivity contribution in [3.8, 4) is 0 Å². The van der Waals surface area contributed by atoms with E-state index in [0.29, 0.717) is 6.42 Å². The van der Waals surface area contributed by atoms with Gasteiger partial charge < -0.3 is 17.7 Å². The average Bonchev–Trinajstić information content (AvgIpc) is 2.41. The first-order valence-electron chi connectivity index (χ1n) is 8.71. The number of carbonyl (C=O) groups excluding carboxylic acids is 2. The van der Waals surface area contributed by atoms with E-state index < -0.39 is 37.9 Å². The molecule has 9 heteroatoms. The van der Waals surface area contributed by atoms with Gasteiger partial charge in [-0.1, -0.05) is 6.92 Å². The highest BCUT2D eigenvalue weighted by Gasteiger charge is 2.32. The molecule has 0 saturated carbocycles. The lowest BCUT2D eigenvalue weighted by molar-refractivity contribution is -0.140. The Morgan fingerprint density at radius 1 is 0.920 bits per heavy atom. The second-order valence-electron chi connectivity index (χ2n) is 7.85. The minimum Gasteiger partial charge on any atom is -0.463 e. The first-order chi connectivity index (χ1) is 11.3. The van der Waals surface area contributed by atoms with Crippen LogP contribution in [0.5, 0.6) is 0 Å². The second kappa shape index (κ2) is 11.1. The van der Waals surface area contributed by atoms with Gasteiger partial charge in [-0.05, 0) is 58.2 Å². The fourth-order valence-electron chi connectivity index (χ4n) is 1.81. The minimum atomic E-state index is -1.84. The lowest BCUT2D eigenvalue weighted by atomic mass is 10.3. The van der Waals surface area contributed by atoms with Gasteiger partial charge in [-0.3, -0.25) is 0 Å². The maximum Gasteiger partial charge on any atom is 0.331 e. The molecular weight excluding hydrogens is 372 g/mol. The van der Waals surface area contributed by atoms with Crippen molar-refractivity contribution in [2.24, 2.45) is 0 Å². The predicted octanol–water partition coefficient (Wildman–Crippen LogP) is 3.35. The number of rotatable bonds is 11. The van der Waals surface area contributed by atoms with E-state index in [2.05, 4.69) is 46.2 Å². The largest absolute Gasteiger partial charge is 0.463 e. The van der Waals surface area contributed by atoms with Crippen LogP contribution >= 0.6 is 0 Å². The second-order valence-corrected chi connectivity index (χ2v) is 20.1. The van der Waals surface area contributed by atoms with Gasteiger partial charge in [0.1, 0.15) is 0 Å². The summed E-state index contributed by atoms with van der Waals surface area (Å²) in [7, 11) is -5.22. The first-order valence-corrected chi connectivity index (χ1v) is 17.1. The summed E-state index contributed by atoms with van der Waals surface area (Å²) >= 11 is 0. The maximum atomic E-state index is 11.6. The highest BCUT2D eigenvalue weighted by Crippen LogP contribution is 2.23. The van der Waals surface area contributed by atoms with E-state index in [1.807, 2.05) is 0 Å². The molecule has 0 amide bonds. The van der Waals surface area contributed by atoms with Crippen LogP contribution in [0.1, 0.15) is 20.3 Å². The van der Waals surface area contributed by atoms with Crippen LogP contribution < -0.4 is 0 Å². The van der Waals surface area contributed by atoms with Crippen molar-refractivity contribution < 1.29 is 27.3 Å². The summed E-state index contributed by atoms with van der Waals surface area (Å²) in [5, 5.41) is 0. The fourth-order valence-corrected chi connectivity index (χ4v) is 10.3. The zero-order valence-electron chi connectivity index (χ0n) is 16.9. The third-order valence-electron chi connectivity index (χ3n) is 2.86. The Morgan fingerprint density at radius 2 is 1.36 bits per heavy atom. The maximum absolute atomic E-state index is 11.6. The summed E-state index contributed by atoms with van der Waals surface area (Å²) in [4.78, 5) is 22.8. The van der Waals surface area contributed by atoms with Crippen molar-refractivity contribution in [1.29, 1.82) is 0 Å². The van der Waals surface area contributed by atoms with Crippen LogP contribution in [0.25, 0.3) is 0 Å². The summed E-state index contributed by atoms with van der Waals surface area (Å²) in [6.45, 7) is 17.3. The third-order valence-corrected chi connectivity index (χ3v) is 11.6. The van der Waals surface area contributed by atoms with E-state index in [0.717, 1.165) is 12.2 Å². The van der Waals surface area contributed by atoms with Crippen LogP contribution in [0.4, 0.5) is 0 Å². The van der Waals surface area contributed by atoms with Crippen LogP contribution in [-0.4, -0.2) is 51.1 Å². The van der Waals surface area contributed by atoms with Crippen molar-refractivity contribution >= 4 is 37.9 Å². The summed E-state index contributed by atoms with van der Waals surface area (Å²) in [6.07, 6.45) is 2.86. The number of carbonyl (C=O) groups is 2. The van der Waals surface area contributed by atoms with E-state index in [-0.39, 0.29) is 18.8 Å². The molecule has 0 radical (unpaired) electrons. The Kier molecular flexibility index (Phi) is 10.7. The molecule has 0 aliphatic rings. The normalized spacial score (nSPS) is 14.0. The van der Waals surface area contributed by atoms with Crippen molar-refractivity contribution in [3.05, 3.63) is 12.2 Å². The molecule has 0 aromatic carbocycles. The van der Waals surface area contributed by atoms with Gasteiger partial charge in [0.25, 0.3) is 0 Å². The molecule has 1 atom stereocenters. The lowest BCUT2D eigenvalue weighted by Crippen LogP contribution is -2.45. The Balaban J connectivity index is 4.48. The van der Waals surface area contributed by atoms with Crippen LogP contribution in [-0.2, 0) is 27.3 Å². The van der Waals surface area contributed by atoms with E-state index in [1.165, 1.54) is 0 Å². The zero-order chi connectivity index (χ0) is 19.7. The van der Waals surface area contributed by atoms with Gasteiger partial charge in [-0.15, -0.1) is 0 Å². The molecule has 0 aromatic heterocycles. The predicted molar refractivity (Wildman–Crippen MR) is 107 cm³/mol. The molecule has 0 aliphatic carbocycles. The standard InChI is InChI=1S/C16H34O6Si3/c1-9-19-15(17)10-11-16(18)20-13-12-14(2)23(21-24(3,4)5)22-25(6,7)8/h10-11,14,23H,9,12-13H2,1-8H3. The Labute approximate surface area is 156 Å². The van der Waals surface area contributed by atoms with Crippen molar-refractivity contribution in [2.45, 2.75) is 65.1 Å². The zero-order valence-corrected chi connectivity index (χ0v) is 20.0. The van der Waals surface area contributed by atoms with E-state index in [1.54, 1.807) is 6.92 Å². The molecule has 1 unspecified atom stereocenters. The quantitative estimate of drug-likeness (QED) is 0.298. The van der Waals surface area contributed by atoms with E-state index >= 15 is 0 Å². The molecule has 0 saturated heterocycles. The van der Waals surface area contributed by atoms with Gasteiger partial charge in [-0.25, -0.2) is 9.59 Å². The molecule has 0 N–H and O–H groups in total. The summed E-state index contributed by atoms with van der Waals surface area (Å²) in [5.74, 6) is -1.09. The molecule has 0 heterocycles. The average molecular weight is 407 g/mol. The third kappa shape index (κ3) is 14.1. The fraction of sp³-hybridized carbons (Fsp3) is 0.750. The Morgan fingerprint density at radius 3 is 1.76 bits per heavy atom. The molecule has 0 bridgehead atoms. The molecule has 0 aliphatic heterocycles. The monoisotopic (exact) mass is 406 g/mol. The topological polar surface area (TPSA) is 71.1 Å². The first kappa shape index (κ1) is 24.3. The molecule has 6 nitrogen and oxygen atoms in total. The molecule has 146 valence electrons. The summed E-state index contributed by atoms with van der Waals surface area (Å²) in [6, 6.07) is 0. The number of esters is 2. The summed E-state index contributed by atoms with van der Waals surface area (Å²) < 4.78 is 22.5. The van der Waals surface area contributed by atoms with Gasteiger partial charge in [0.2, 0.25) is 0 Å². The van der Waals surface area contributed by atoms with Crippen molar-refractivity contribution in [3.63, 3.8) is 0 Å². The van der Waals surface area contributed by atoms with Crippen LogP contribution in [0.3, 0.4) is 0 Å².